The molecule has 0 amide bonds. The molecule has 2 aromatic heterocycles. The summed E-state index contributed by atoms with van der Waals surface area (Å²) in [6.07, 6.45) is 4.65. The third-order valence-corrected chi connectivity index (χ3v) is 3.40. The Morgan fingerprint density at radius 3 is 2.84 bits per heavy atom. The maximum absolute atomic E-state index is 5.69. The number of nitrogens with zero attached hydrogens (tertiary/aromatic N) is 4. The summed E-state index contributed by atoms with van der Waals surface area (Å²) < 4.78 is 4.02. The maximum atomic E-state index is 5.69. The van der Waals surface area contributed by atoms with Crippen LogP contribution in [0.5, 0.6) is 0 Å². The van der Waals surface area contributed by atoms with Crippen LogP contribution in [0.15, 0.2) is 36.8 Å². The predicted octanol–water partition coefficient (Wildman–Crippen LogP) is 1.32. The maximum Gasteiger partial charge on any atom is 0.146 e. The van der Waals surface area contributed by atoms with Crippen molar-refractivity contribution in [3.05, 3.63) is 48.2 Å². The summed E-state index contributed by atoms with van der Waals surface area (Å²) in [5, 5.41) is 5.38. The van der Waals surface area contributed by atoms with Gasteiger partial charge in [0.25, 0.3) is 0 Å². The molecule has 2 heterocycles. The molecule has 0 radical (unpaired) electrons. The summed E-state index contributed by atoms with van der Waals surface area (Å²) in [6.45, 7) is 1.39. The highest BCUT2D eigenvalue weighted by Gasteiger charge is 2.09. The van der Waals surface area contributed by atoms with Crippen LogP contribution in [-0.2, 0) is 20.0 Å². The van der Waals surface area contributed by atoms with Gasteiger partial charge in [-0.3, -0.25) is 4.68 Å². The number of hydrogen-bond donors (Lipinski definition) is 1. The lowest BCUT2D eigenvalue weighted by atomic mass is 10.1. The second kappa shape index (κ2) is 4.85. The Kier molecular flexibility index (Phi) is 3.05. The van der Waals surface area contributed by atoms with Gasteiger partial charge in [-0.05, 0) is 24.6 Å². The second-order valence-corrected chi connectivity index (χ2v) is 4.64. The van der Waals surface area contributed by atoms with E-state index in [0.717, 1.165) is 18.8 Å². The molecule has 5 heteroatoms. The number of hydrogen-bond acceptors (Lipinski definition) is 3. The highest BCUT2D eigenvalue weighted by Crippen LogP contribution is 2.22. The molecule has 0 fully saturated rings. The number of rotatable bonds is 4. The third kappa shape index (κ3) is 2.13. The molecule has 3 aromatic rings. The average Bonchev–Trinajstić information content (AvgIpc) is 2.97. The Balaban J connectivity index is 2.06. The van der Waals surface area contributed by atoms with Crippen molar-refractivity contribution in [2.75, 3.05) is 6.54 Å². The lowest BCUT2D eigenvalue weighted by Gasteiger charge is -2.04. The van der Waals surface area contributed by atoms with E-state index in [9.17, 15) is 0 Å². The summed E-state index contributed by atoms with van der Waals surface area (Å²) in [7, 11) is 1.91. The summed E-state index contributed by atoms with van der Waals surface area (Å²) in [6, 6.07) is 8.40. The Morgan fingerprint density at radius 1 is 1.26 bits per heavy atom. The highest BCUT2D eigenvalue weighted by atomic mass is 15.3. The lowest BCUT2D eigenvalue weighted by molar-refractivity contribution is 0.663. The zero-order valence-corrected chi connectivity index (χ0v) is 11.0. The van der Waals surface area contributed by atoms with Crippen LogP contribution in [0, 0.1) is 0 Å². The van der Waals surface area contributed by atoms with Crippen molar-refractivity contribution >= 4 is 10.9 Å². The van der Waals surface area contributed by atoms with Crippen molar-refractivity contribution in [2.45, 2.75) is 13.0 Å². The van der Waals surface area contributed by atoms with E-state index in [-0.39, 0.29) is 0 Å². The molecule has 19 heavy (non-hydrogen) atoms. The van der Waals surface area contributed by atoms with Crippen LogP contribution >= 0.6 is 0 Å². The van der Waals surface area contributed by atoms with E-state index in [0.29, 0.717) is 6.54 Å². The molecule has 5 nitrogen and oxygen atoms in total. The van der Waals surface area contributed by atoms with Gasteiger partial charge in [0.2, 0.25) is 0 Å². The van der Waals surface area contributed by atoms with Gasteiger partial charge in [-0.1, -0.05) is 18.2 Å². The third-order valence-electron chi connectivity index (χ3n) is 3.40. The molecular weight excluding hydrogens is 238 g/mol. The minimum atomic E-state index is 0.665. The van der Waals surface area contributed by atoms with Gasteiger partial charge >= 0.3 is 0 Å². The number of para-hydroxylation sites is 1. The van der Waals surface area contributed by atoms with Crippen LogP contribution in [0.3, 0.4) is 0 Å². The first-order chi connectivity index (χ1) is 9.29. The molecular formula is C14H17N5. The van der Waals surface area contributed by atoms with Gasteiger partial charge in [0.15, 0.2) is 0 Å². The van der Waals surface area contributed by atoms with Crippen molar-refractivity contribution in [1.29, 1.82) is 0 Å². The molecule has 0 bridgehead atoms. The van der Waals surface area contributed by atoms with Crippen molar-refractivity contribution in [3.63, 3.8) is 0 Å². The molecule has 1 aromatic carbocycles. The van der Waals surface area contributed by atoms with E-state index < -0.39 is 0 Å². The molecule has 2 N–H and O–H groups in total. The van der Waals surface area contributed by atoms with Crippen LogP contribution < -0.4 is 5.73 Å². The summed E-state index contributed by atoms with van der Waals surface area (Å²) in [5.41, 5.74) is 8.19. The van der Waals surface area contributed by atoms with E-state index in [1.54, 1.807) is 11.0 Å². The fraction of sp³-hybridized carbons (Fsp3) is 0.286. The fourth-order valence-electron chi connectivity index (χ4n) is 2.42. The van der Waals surface area contributed by atoms with Crippen molar-refractivity contribution < 1.29 is 0 Å². The first-order valence-electron chi connectivity index (χ1n) is 6.39. The van der Waals surface area contributed by atoms with E-state index in [1.807, 2.05) is 7.05 Å². The number of benzene rings is 1. The Bertz CT molecular complexity index is 695. The monoisotopic (exact) mass is 255 g/mol. The second-order valence-electron chi connectivity index (χ2n) is 4.64. The Morgan fingerprint density at radius 2 is 2.11 bits per heavy atom. The minimum absolute atomic E-state index is 0.665. The molecule has 3 rings (SSSR count). The smallest absolute Gasteiger partial charge is 0.146 e. The van der Waals surface area contributed by atoms with E-state index in [2.05, 4.69) is 45.1 Å². The van der Waals surface area contributed by atoms with Crippen LogP contribution in [0.4, 0.5) is 0 Å². The van der Waals surface area contributed by atoms with E-state index >= 15 is 0 Å². The first kappa shape index (κ1) is 11.9. The largest absolute Gasteiger partial charge is 0.340 e. The topological polar surface area (TPSA) is 61.7 Å². The number of nitrogens with two attached hydrogens (primary N) is 1. The van der Waals surface area contributed by atoms with E-state index in [4.69, 9.17) is 5.73 Å². The zero-order chi connectivity index (χ0) is 13.2. The average molecular weight is 255 g/mol. The lowest BCUT2D eigenvalue weighted by Crippen LogP contribution is -2.06. The predicted molar refractivity (Wildman–Crippen MR) is 74.8 cm³/mol. The fourth-order valence-corrected chi connectivity index (χ4v) is 2.42. The standard InChI is InChI=1S/C14H17N5/c1-18-14(16-10-17-18)9-19-8-11(6-7-15)12-4-2-3-5-13(12)19/h2-5,8,10H,6-7,9,15H2,1H3. The highest BCUT2D eigenvalue weighted by molar-refractivity contribution is 5.84. The number of aromatic nitrogens is 4. The van der Waals surface area contributed by atoms with Crippen molar-refractivity contribution in [2.24, 2.45) is 12.8 Å². The van der Waals surface area contributed by atoms with Gasteiger partial charge in [0, 0.05) is 24.1 Å². The summed E-state index contributed by atoms with van der Waals surface area (Å²) >= 11 is 0. The molecule has 0 aliphatic heterocycles. The quantitative estimate of drug-likeness (QED) is 0.764. The Hall–Kier alpha value is -2.14. The molecule has 0 aliphatic carbocycles. The van der Waals surface area contributed by atoms with Crippen molar-refractivity contribution in [1.82, 2.24) is 19.3 Å². The summed E-state index contributed by atoms with van der Waals surface area (Å²) in [5.74, 6) is 0.944. The molecule has 0 atom stereocenters. The van der Waals surface area contributed by atoms with Crippen LogP contribution in [0.2, 0.25) is 0 Å². The van der Waals surface area contributed by atoms with Gasteiger partial charge in [0.05, 0.1) is 6.54 Å². The van der Waals surface area contributed by atoms with Crippen molar-refractivity contribution in [3.8, 4) is 0 Å². The minimum Gasteiger partial charge on any atom is -0.340 e. The molecule has 0 saturated carbocycles. The SMILES string of the molecule is Cn1ncnc1Cn1cc(CCN)c2ccccc21. The van der Waals surface area contributed by atoms with E-state index in [1.165, 1.54) is 16.5 Å². The van der Waals surface area contributed by atoms with Gasteiger partial charge < -0.3 is 10.3 Å². The normalized spacial score (nSPS) is 11.3. The molecule has 0 saturated heterocycles. The first-order valence-corrected chi connectivity index (χ1v) is 6.39. The van der Waals surface area contributed by atoms with Crippen LogP contribution in [-0.4, -0.2) is 25.9 Å². The molecule has 0 aliphatic rings. The van der Waals surface area contributed by atoms with Crippen LogP contribution in [0.25, 0.3) is 10.9 Å². The van der Waals surface area contributed by atoms with Gasteiger partial charge in [0.1, 0.15) is 12.2 Å². The van der Waals surface area contributed by atoms with Gasteiger partial charge in [-0.15, -0.1) is 0 Å². The Labute approximate surface area is 111 Å². The number of fused-ring (bicyclic) bond motifs is 1. The molecule has 0 spiro atoms. The molecule has 0 unspecified atom stereocenters. The van der Waals surface area contributed by atoms with Crippen LogP contribution in [0.1, 0.15) is 11.4 Å². The summed E-state index contributed by atoms with van der Waals surface area (Å²) in [4.78, 5) is 4.28. The van der Waals surface area contributed by atoms with Gasteiger partial charge in [-0.2, -0.15) is 5.10 Å². The number of aryl methyl sites for hydroxylation is 1. The zero-order valence-electron chi connectivity index (χ0n) is 11.0. The molecule has 98 valence electrons. The van der Waals surface area contributed by atoms with Gasteiger partial charge in [-0.25, -0.2) is 4.98 Å².